The van der Waals surface area contributed by atoms with Crippen LogP contribution in [0.3, 0.4) is 0 Å². The van der Waals surface area contributed by atoms with E-state index >= 15 is 0 Å². The monoisotopic (exact) mass is 356 g/mol. The topological polar surface area (TPSA) is 84.5 Å². The molecule has 0 aliphatic carbocycles. The van der Waals surface area contributed by atoms with Crippen molar-refractivity contribution < 1.29 is 17.9 Å². The second-order valence-electron chi connectivity index (χ2n) is 5.81. The molecule has 0 unspecified atom stereocenters. The number of ether oxygens (including phenoxy) is 1. The Kier molecular flexibility index (Phi) is 8.95. The molecule has 0 aliphatic rings. The number of unbranched alkanes of at least 4 members (excludes halogenated alkanes) is 1. The van der Waals surface area contributed by atoms with Gasteiger partial charge in [-0.05, 0) is 44.9 Å². The molecule has 0 spiro atoms. The number of amides is 1. The van der Waals surface area contributed by atoms with E-state index in [0.717, 1.165) is 12.8 Å². The number of rotatable bonds is 11. The van der Waals surface area contributed by atoms with E-state index in [4.69, 9.17) is 4.74 Å². The summed E-state index contributed by atoms with van der Waals surface area (Å²) in [6.45, 7) is 7.36. The summed E-state index contributed by atoms with van der Waals surface area (Å²) in [7, 11) is -3.58. The molecule has 1 amide bonds. The van der Waals surface area contributed by atoms with E-state index in [9.17, 15) is 13.2 Å². The predicted molar refractivity (Wildman–Crippen MR) is 94.6 cm³/mol. The molecule has 136 valence electrons. The van der Waals surface area contributed by atoms with Crippen molar-refractivity contribution in [1.82, 2.24) is 10.0 Å². The fourth-order valence-electron chi connectivity index (χ4n) is 1.97. The average Bonchev–Trinajstić information content (AvgIpc) is 2.54. The van der Waals surface area contributed by atoms with Crippen LogP contribution in [0.2, 0.25) is 0 Å². The Balaban J connectivity index is 2.59. The highest BCUT2D eigenvalue weighted by molar-refractivity contribution is 7.89. The predicted octanol–water partition coefficient (Wildman–Crippen LogP) is 2.31. The van der Waals surface area contributed by atoms with Gasteiger partial charge < -0.3 is 10.1 Å². The molecule has 0 fully saturated rings. The first-order valence-corrected chi connectivity index (χ1v) is 9.84. The van der Waals surface area contributed by atoms with Crippen LogP contribution in [-0.2, 0) is 14.8 Å². The van der Waals surface area contributed by atoms with Gasteiger partial charge in [-0.1, -0.05) is 19.4 Å². The van der Waals surface area contributed by atoms with Crippen LogP contribution in [0.5, 0.6) is 0 Å². The lowest BCUT2D eigenvalue weighted by Crippen LogP contribution is -2.27. The van der Waals surface area contributed by atoms with Gasteiger partial charge in [-0.3, -0.25) is 4.79 Å². The number of carbonyl (C=O) groups is 1. The van der Waals surface area contributed by atoms with Gasteiger partial charge in [-0.2, -0.15) is 0 Å². The summed E-state index contributed by atoms with van der Waals surface area (Å²) in [5.41, 5.74) is 0.332. The van der Waals surface area contributed by atoms with Gasteiger partial charge in [0.15, 0.2) is 0 Å². The first-order valence-electron chi connectivity index (χ1n) is 8.36. The highest BCUT2D eigenvalue weighted by Gasteiger charge is 2.15. The molecule has 0 heterocycles. The molecule has 0 radical (unpaired) electrons. The van der Waals surface area contributed by atoms with Crippen LogP contribution in [0.15, 0.2) is 29.2 Å². The third-order valence-electron chi connectivity index (χ3n) is 3.29. The number of benzene rings is 1. The second-order valence-corrected chi connectivity index (χ2v) is 7.58. The van der Waals surface area contributed by atoms with E-state index in [1.165, 1.54) is 12.1 Å². The molecule has 2 N–H and O–H groups in total. The van der Waals surface area contributed by atoms with Crippen molar-refractivity contribution in [2.45, 2.75) is 51.0 Å². The lowest BCUT2D eigenvalue weighted by Gasteiger charge is -2.10. The van der Waals surface area contributed by atoms with E-state index in [1.807, 2.05) is 20.8 Å². The highest BCUT2D eigenvalue weighted by Crippen LogP contribution is 2.11. The quantitative estimate of drug-likeness (QED) is 0.596. The van der Waals surface area contributed by atoms with Crippen LogP contribution in [0.1, 0.15) is 50.4 Å². The molecule has 24 heavy (non-hydrogen) atoms. The first-order chi connectivity index (χ1) is 11.4. The van der Waals surface area contributed by atoms with Crippen LogP contribution >= 0.6 is 0 Å². The van der Waals surface area contributed by atoms with Crippen molar-refractivity contribution in [1.29, 1.82) is 0 Å². The number of nitrogens with one attached hydrogen (secondary N) is 2. The summed E-state index contributed by atoms with van der Waals surface area (Å²) in [6.07, 6.45) is 2.56. The van der Waals surface area contributed by atoms with E-state index in [-0.39, 0.29) is 16.9 Å². The zero-order valence-electron chi connectivity index (χ0n) is 14.7. The fourth-order valence-corrected chi connectivity index (χ4v) is 3.09. The maximum absolute atomic E-state index is 12.2. The molecule has 0 saturated carbocycles. The minimum Gasteiger partial charge on any atom is -0.379 e. The van der Waals surface area contributed by atoms with E-state index in [2.05, 4.69) is 10.0 Å². The van der Waals surface area contributed by atoms with Crippen LogP contribution in [0, 0.1) is 0 Å². The van der Waals surface area contributed by atoms with Gasteiger partial charge in [0.05, 0.1) is 11.0 Å². The van der Waals surface area contributed by atoms with Crippen molar-refractivity contribution in [2.75, 3.05) is 19.7 Å². The van der Waals surface area contributed by atoms with Crippen LogP contribution < -0.4 is 10.0 Å². The highest BCUT2D eigenvalue weighted by atomic mass is 32.2. The van der Waals surface area contributed by atoms with E-state index in [1.54, 1.807) is 12.1 Å². The lowest BCUT2D eigenvalue weighted by atomic mass is 10.2. The van der Waals surface area contributed by atoms with Crippen molar-refractivity contribution in [3.05, 3.63) is 29.8 Å². The lowest BCUT2D eigenvalue weighted by molar-refractivity contribution is 0.0757. The van der Waals surface area contributed by atoms with Gasteiger partial charge in [-0.25, -0.2) is 13.1 Å². The van der Waals surface area contributed by atoms with E-state index in [0.29, 0.717) is 31.7 Å². The summed E-state index contributed by atoms with van der Waals surface area (Å²) < 4.78 is 32.3. The molecule has 1 rings (SSSR count). The number of hydrogen-bond acceptors (Lipinski definition) is 4. The molecule has 1 aromatic carbocycles. The summed E-state index contributed by atoms with van der Waals surface area (Å²) in [6, 6.07) is 6.06. The minimum atomic E-state index is -3.58. The van der Waals surface area contributed by atoms with Crippen LogP contribution in [0.25, 0.3) is 0 Å². The molecular formula is C17H28N2O4S. The summed E-state index contributed by atoms with van der Waals surface area (Å²) in [4.78, 5) is 12.2. The standard InChI is InChI=1S/C17H28N2O4S/c1-4-5-11-19-24(21,22)16-9-6-8-15(13-16)17(20)18-10-7-12-23-14(2)3/h6,8-9,13-14,19H,4-5,7,10-12H2,1-3H3,(H,18,20). The molecule has 0 aliphatic heterocycles. The molecule has 0 atom stereocenters. The maximum atomic E-state index is 12.2. The number of carbonyl (C=O) groups excluding carboxylic acids is 1. The molecule has 7 heteroatoms. The van der Waals surface area contributed by atoms with Crippen molar-refractivity contribution >= 4 is 15.9 Å². The molecule has 6 nitrogen and oxygen atoms in total. The Hall–Kier alpha value is -1.44. The number of sulfonamides is 1. The van der Waals surface area contributed by atoms with Gasteiger partial charge in [0.25, 0.3) is 5.91 Å². The Bertz CT molecular complexity index is 615. The zero-order valence-corrected chi connectivity index (χ0v) is 15.5. The summed E-state index contributed by atoms with van der Waals surface area (Å²) >= 11 is 0. The number of hydrogen-bond donors (Lipinski definition) is 2. The Morgan fingerprint density at radius 3 is 2.62 bits per heavy atom. The third kappa shape index (κ3) is 7.42. The normalized spacial score (nSPS) is 11.7. The maximum Gasteiger partial charge on any atom is 0.251 e. The van der Waals surface area contributed by atoms with Gasteiger partial charge >= 0.3 is 0 Å². The second kappa shape index (κ2) is 10.4. The molecular weight excluding hydrogens is 328 g/mol. The van der Waals surface area contributed by atoms with Gasteiger partial charge in [-0.15, -0.1) is 0 Å². The van der Waals surface area contributed by atoms with Gasteiger partial charge in [0.2, 0.25) is 10.0 Å². The SMILES string of the molecule is CCCCNS(=O)(=O)c1cccc(C(=O)NCCCOC(C)C)c1. The summed E-state index contributed by atoms with van der Waals surface area (Å²) in [5.74, 6) is -0.287. The minimum absolute atomic E-state index is 0.106. The van der Waals surface area contributed by atoms with Crippen LogP contribution in [-0.4, -0.2) is 40.1 Å². The largest absolute Gasteiger partial charge is 0.379 e. The van der Waals surface area contributed by atoms with Gasteiger partial charge in [0, 0.05) is 25.3 Å². The molecule has 0 aromatic heterocycles. The Morgan fingerprint density at radius 2 is 1.96 bits per heavy atom. The molecule has 0 bridgehead atoms. The smallest absolute Gasteiger partial charge is 0.251 e. The first kappa shape index (κ1) is 20.6. The van der Waals surface area contributed by atoms with Gasteiger partial charge in [0.1, 0.15) is 0 Å². The average molecular weight is 356 g/mol. The summed E-state index contributed by atoms with van der Waals surface area (Å²) in [5, 5.41) is 2.77. The van der Waals surface area contributed by atoms with Crippen molar-refractivity contribution in [3.8, 4) is 0 Å². The molecule has 0 saturated heterocycles. The van der Waals surface area contributed by atoms with Crippen LogP contribution in [0.4, 0.5) is 0 Å². The van der Waals surface area contributed by atoms with Crippen molar-refractivity contribution in [3.63, 3.8) is 0 Å². The third-order valence-corrected chi connectivity index (χ3v) is 4.75. The Labute approximate surface area is 145 Å². The Morgan fingerprint density at radius 1 is 1.21 bits per heavy atom. The molecule has 1 aromatic rings. The van der Waals surface area contributed by atoms with Crippen molar-refractivity contribution in [2.24, 2.45) is 0 Å². The fraction of sp³-hybridized carbons (Fsp3) is 0.588. The van der Waals surface area contributed by atoms with E-state index < -0.39 is 10.0 Å². The zero-order chi connectivity index (χ0) is 18.0.